The summed E-state index contributed by atoms with van der Waals surface area (Å²) in [7, 11) is 2.07. The predicted octanol–water partition coefficient (Wildman–Crippen LogP) is 4.30. The van der Waals surface area contributed by atoms with Gasteiger partial charge in [-0.05, 0) is 29.8 Å². The van der Waals surface area contributed by atoms with Crippen molar-refractivity contribution >= 4 is 22.1 Å². The number of aryl methyl sites for hydroxylation is 1. The van der Waals surface area contributed by atoms with E-state index in [1.54, 1.807) is 12.5 Å². The Labute approximate surface area is 144 Å². The van der Waals surface area contributed by atoms with Crippen LogP contribution in [0, 0.1) is 0 Å². The van der Waals surface area contributed by atoms with Crippen LogP contribution in [0.25, 0.3) is 33.4 Å². The number of nitrogens with one attached hydrogen (secondary N) is 1. The summed E-state index contributed by atoms with van der Waals surface area (Å²) in [4.78, 5) is 12.5. The van der Waals surface area contributed by atoms with Crippen LogP contribution in [0.4, 0.5) is 0 Å². The quantitative estimate of drug-likeness (QED) is 0.537. The first-order chi connectivity index (χ1) is 12.3. The Balaban J connectivity index is 1.54. The number of imidazole rings is 1. The lowest BCUT2D eigenvalue weighted by molar-refractivity contribution is 0.582. The first kappa shape index (κ1) is 14.0. The van der Waals surface area contributed by atoms with Crippen LogP contribution in [0.2, 0.25) is 0 Å². The van der Waals surface area contributed by atoms with Crippen LogP contribution >= 0.6 is 0 Å². The maximum absolute atomic E-state index is 5.44. The molecule has 122 valence electrons. The predicted molar refractivity (Wildman–Crippen MR) is 97.3 cm³/mol. The second kappa shape index (κ2) is 5.34. The van der Waals surface area contributed by atoms with Crippen LogP contribution in [0.15, 0.2) is 65.5 Å². The van der Waals surface area contributed by atoms with Crippen LogP contribution in [0.1, 0.15) is 11.4 Å². The molecule has 0 radical (unpaired) electrons. The van der Waals surface area contributed by atoms with Gasteiger partial charge in [0, 0.05) is 42.3 Å². The van der Waals surface area contributed by atoms with E-state index in [9.17, 15) is 0 Å². The molecule has 0 spiro atoms. The maximum Gasteiger partial charge on any atom is 0.177 e. The van der Waals surface area contributed by atoms with Crippen molar-refractivity contribution in [2.24, 2.45) is 7.05 Å². The molecule has 1 aromatic carbocycles. The third-order valence-electron chi connectivity index (χ3n) is 4.53. The molecule has 0 unspecified atom stereocenters. The molecule has 5 heteroatoms. The molecule has 0 saturated heterocycles. The third kappa shape index (κ3) is 2.32. The average Bonchev–Trinajstić information content (AvgIpc) is 3.35. The molecule has 0 saturated carbocycles. The number of furan rings is 1. The summed E-state index contributed by atoms with van der Waals surface area (Å²) in [6.07, 6.45) is 6.37. The van der Waals surface area contributed by atoms with Crippen LogP contribution in [0.3, 0.4) is 0 Å². The van der Waals surface area contributed by atoms with E-state index in [1.165, 1.54) is 16.5 Å². The molecule has 4 aromatic heterocycles. The lowest BCUT2D eigenvalue weighted by Gasteiger charge is -1.96. The smallest absolute Gasteiger partial charge is 0.177 e. The highest BCUT2D eigenvalue weighted by molar-refractivity contribution is 5.84. The Kier molecular flexibility index (Phi) is 3.00. The lowest BCUT2D eigenvalue weighted by Crippen LogP contribution is -1.89. The summed E-state index contributed by atoms with van der Waals surface area (Å²) in [6, 6.07) is 14.2. The molecule has 0 amide bonds. The number of para-hydroxylation sites is 1. The van der Waals surface area contributed by atoms with Crippen LogP contribution in [-0.4, -0.2) is 19.5 Å². The SMILES string of the molecule is Cn1cc(Cc2nc3ncc(-c4ccco4)cc3[nH]2)c2ccccc21. The number of aromatic amines is 1. The molecule has 1 N–H and O–H groups in total. The van der Waals surface area contributed by atoms with E-state index in [0.29, 0.717) is 0 Å². The fourth-order valence-corrected chi connectivity index (χ4v) is 3.36. The van der Waals surface area contributed by atoms with Gasteiger partial charge < -0.3 is 14.0 Å². The van der Waals surface area contributed by atoms with E-state index in [4.69, 9.17) is 4.42 Å². The second-order valence-electron chi connectivity index (χ2n) is 6.22. The van der Waals surface area contributed by atoms with Gasteiger partial charge in [0.15, 0.2) is 5.65 Å². The van der Waals surface area contributed by atoms with Crippen LogP contribution < -0.4 is 0 Å². The maximum atomic E-state index is 5.44. The molecule has 5 nitrogen and oxygen atoms in total. The molecule has 0 fully saturated rings. The number of aromatic nitrogens is 4. The van der Waals surface area contributed by atoms with E-state index in [-0.39, 0.29) is 0 Å². The second-order valence-corrected chi connectivity index (χ2v) is 6.22. The standard InChI is InChI=1S/C20H16N4O/c1-24-12-14(15-5-2-3-6-17(15)24)10-19-22-16-9-13(11-21-20(16)23-19)18-7-4-8-25-18/h2-9,11-12H,10H2,1H3,(H,21,22,23). The van der Waals surface area contributed by atoms with Crippen molar-refractivity contribution in [3.63, 3.8) is 0 Å². The first-order valence-electron chi connectivity index (χ1n) is 8.19. The van der Waals surface area contributed by atoms with Crippen LogP contribution in [-0.2, 0) is 13.5 Å². The van der Waals surface area contributed by atoms with Gasteiger partial charge in [-0.15, -0.1) is 0 Å². The lowest BCUT2D eigenvalue weighted by atomic mass is 10.1. The number of fused-ring (bicyclic) bond motifs is 2. The molecule has 4 heterocycles. The van der Waals surface area contributed by atoms with Crippen molar-refractivity contribution < 1.29 is 4.42 Å². The molecular weight excluding hydrogens is 312 g/mol. The van der Waals surface area contributed by atoms with Crippen molar-refractivity contribution in [2.75, 3.05) is 0 Å². The molecule has 25 heavy (non-hydrogen) atoms. The largest absolute Gasteiger partial charge is 0.464 e. The van der Waals surface area contributed by atoms with Crippen molar-refractivity contribution in [3.8, 4) is 11.3 Å². The molecular formula is C20H16N4O. The van der Waals surface area contributed by atoms with Gasteiger partial charge in [-0.1, -0.05) is 18.2 Å². The zero-order valence-corrected chi connectivity index (χ0v) is 13.7. The van der Waals surface area contributed by atoms with Gasteiger partial charge in [-0.2, -0.15) is 0 Å². The average molecular weight is 328 g/mol. The number of hydrogen-bond donors (Lipinski definition) is 1. The van der Waals surface area contributed by atoms with Crippen molar-refractivity contribution in [1.82, 2.24) is 19.5 Å². The summed E-state index contributed by atoms with van der Waals surface area (Å²) in [5.41, 5.74) is 5.07. The molecule has 0 bridgehead atoms. The normalized spacial score (nSPS) is 11.6. The fraction of sp³-hybridized carbons (Fsp3) is 0.100. The van der Waals surface area contributed by atoms with E-state index in [2.05, 4.69) is 57.0 Å². The highest BCUT2D eigenvalue weighted by Crippen LogP contribution is 2.25. The zero-order chi connectivity index (χ0) is 16.8. The molecule has 5 aromatic rings. The van der Waals surface area contributed by atoms with Crippen LogP contribution in [0.5, 0.6) is 0 Å². The van der Waals surface area contributed by atoms with Gasteiger partial charge in [0.2, 0.25) is 0 Å². The third-order valence-corrected chi connectivity index (χ3v) is 4.53. The highest BCUT2D eigenvalue weighted by atomic mass is 16.3. The number of benzene rings is 1. The monoisotopic (exact) mass is 328 g/mol. The van der Waals surface area contributed by atoms with Crippen molar-refractivity contribution in [1.29, 1.82) is 0 Å². The van der Waals surface area contributed by atoms with Gasteiger partial charge in [0.1, 0.15) is 11.6 Å². The summed E-state index contributed by atoms with van der Waals surface area (Å²) in [5, 5.41) is 1.26. The summed E-state index contributed by atoms with van der Waals surface area (Å²) in [6.45, 7) is 0. The highest BCUT2D eigenvalue weighted by Gasteiger charge is 2.11. The fourth-order valence-electron chi connectivity index (χ4n) is 3.36. The Morgan fingerprint density at radius 1 is 1.16 bits per heavy atom. The van der Waals surface area contributed by atoms with Crippen molar-refractivity contribution in [2.45, 2.75) is 6.42 Å². The molecule has 5 rings (SSSR count). The Morgan fingerprint density at radius 3 is 2.96 bits per heavy atom. The van der Waals surface area contributed by atoms with Gasteiger partial charge in [-0.3, -0.25) is 0 Å². The minimum atomic E-state index is 0.727. The minimum absolute atomic E-state index is 0.727. The number of hydrogen-bond acceptors (Lipinski definition) is 3. The minimum Gasteiger partial charge on any atom is -0.464 e. The number of H-pyrrole nitrogens is 1. The van der Waals surface area contributed by atoms with E-state index < -0.39 is 0 Å². The summed E-state index contributed by atoms with van der Waals surface area (Å²) >= 11 is 0. The van der Waals surface area contributed by atoms with Gasteiger partial charge in [0.05, 0.1) is 11.8 Å². The van der Waals surface area contributed by atoms with E-state index in [1.807, 2.05) is 18.2 Å². The van der Waals surface area contributed by atoms with Gasteiger partial charge in [0.25, 0.3) is 0 Å². The van der Waals surface area contributed by atoms with E-state index >= 15 is 0 Å². The van der Waals surface area contributed by atoms with Gasteiger partial charge in [-0.25, -0.2) is 9.97 Å². The van der Waals surface area contributed by atoms with Crippen molar-refractivity contribution in [3.05, 3.63) is 72.5 Å². The molecule has 0 aliphatic heterocycles. The molecule has 0 aliphatic carbocycles. The van der Waals surface area contributed by atoms with E-state index in [0.717, 1.165) is 34.7 Å². The number of rotatable bonds is 3. The Hall–Kier alpha value is -3.34. The molecule has 0 atom stereocenters. The number of pyridine rings is 1. The topological polar surface area (TPSA) is 59.6 Å². The number of nitrogens with zero attached hydrogens (tertiary/aromatic N) is 3. The van der Waals surface area contributed by atoms with Gasteiger partial charge >= 0.3 is 0 Å². The first-order valence-corrected chi connectivity index (χ1v) is 8.19. The summed E-state index contributed by atoms with van der Waals surface area (Å²) < 4.78 is 7.60. The Bertz CT molecular complexity index is 1180. The molecule has 0 aliphatic rings. The Morgan fingerprint density at radius 2 is 2.08 bits per heavy atom. The zero-order valence-electron chi connectivity index (χ0n) is 13.7. The summed E-state index contributed by atoms with van der Waals surface area (Å²) in [5.74, 6) is 1.72.